The Bertz CT molecular complexity index is 967. The number of carbonyl (C=O) groups excluding carboxylic acids is 2. The predicted octanol–water partition coefficient (Wildman–Crippen LogP) is 5.88. The number of imide groups is 1. The number of amides is 3. The van der Waals surface area contributed by atoms with Crippen LogP contribution in [0.4, 0.5) is 4.79 Å². The van der Waals surface area contributed by atoms with E-state index in [2.05, 4.69) is 24.5 Å². The second-order valence-corrected chi connectivity index (χ2v) is 9.29. The van der Waals surface area contributed by atoms with Gasteiger partial charge in [0.05, 0.1) is 6.04 Å². The van der Waals surface area contributed by atoms with Gasteiger partial charge in [0, 0.05) is 6.04 Å². The van der Waals surface area contributed by atoms with E-state index in [4.69, 9.17) is 4.74 Å². The maximum absolute atomic E-state index is 13.4. The molecule has 3 amide bonds. The van der Waals surface area contributed by atoms with Crippen LogP contribution in [0.25, 0.3) is 0 Å². The number of hydrogen-bond acceptors (Lipinski definition) is 4. The third-order valence-corrected chi connectivity index (χ3v) is 7.25. The monoisotopic (exact) mass is 465 g/mol. The van der Waals surface area contributed by atoms with E-state index >= 15 is 0 Å². The Morgan fingerprint density at radius 1 is 1.03 bits per heavy atom. The molecule has 0 unspecified atom stereocenters. The highest BCUT2D eigenvalue weighted by atomic mass is 16.5. The van der Waals surface area contributed by atoms with Crippen LogP contribution in [-0.2, 0) is 4.79 Å². The van der Waals surface area contributed by atoms with Crippen LogP contribution in [-0.4, -0.2) is 30.1 Å². The Balaban J connectivity index is 1.82. The third-order valence-electron chi connectivity index (χ3n) is 7.25. The molecule has 0 saturated carbocycles. The lowest BCUT2D eigenvalue weighted by atomic mass is 9.72. The van der Waals surface area contributed by atoms with Gasteiger partial charge in [-0.3, -0.25) is 4.79 Å². The molecule has 2 N–H and O–H groups in total. The molecule has 0 bridgehead atoms. The molecule has 0 aromatic heterocycles. The molecule has 0 spiro atoms. The van der Waals surface area contributed by atoms with Gasteiger partial charge in [-0.2, -0.15) is 0 Å². The van der Waals surface area contributed by atoms with E-state index in [1.807, 2.05) is 76.3 Å². The Hall–Kier alpha value is -2.86. The van der Waals surface area contributed by atoms with E-state index in [1.54, 1.807) is 0 Å². The summed E-state index contributed by atoms with van der Waals surface area (Å²) in [5, 5.41) is 6.32. The van der Waals surface area contributed by atoms with Gasteiger partial charge in [0.25, 0.3) is 0 Å². The van der Waals surface area contributed by atoms with E-state index in [0.29, 0.717) is 18.6 Å². The van der Waals surface area contributed by atoms with Crippen molar-refractivity contribution in [1.29, 1.82) is 0 Å². The van der Waals surface area contributed by atoms with Gasteiger partial charge < -0.3 is 15.4 Å². The second kappa shape index (κ2) is 11.0. The summed E-state index contributed by atoms with van der Waals surface area (Å²) in [4.78, 5) is 27.9. The number of aryl methyl sites for hydroxylation is 1. The van der Waals surface area contributed by atoms with Crippen LogP contribution in [0.5, 0.6) is 5.75 Å². The lowest BCUT2D eigenvalue weighted by Gasteiger charge is -2.53. The summed E-state index contributed by atoms with van der Waals surface area (Å²) in [6.45, 7) is 10.2. The van der Waals surface area contributed by atoms with Crippen LogP contribution < -0.4 is 15.4 Å². The molecule has 2 aromatic rings. The molecule has 1 fully saturated rings. The lowest BCUT2D eigenvalue weighted by Crippen LogP contribution is -2.73. The van der Waals surface area contributed by atoms with Crippen LogP contribution in [0.2, 0.25) is 0 Å². The zero-order valence-electron chi connectivity index (χ0n) is 21.4. The minimum Gasteiger partial charge on any atom is -0.469 e. The summed E-state index contributed by atoms with van der Waals surface area (Å²) < 4.78 is 6.31. The molecule has 3 atom stereocenters. The Morgan fingerprint density at radius 2 is 1.62 bits per heavy atom. The van der Waals surface area contributed by atoms with Crippen molar-refractivity contribution in [2.24, 2.45) is 5.41 Å². The zero-order valence-corrected chi connectivity index (χ0v) is 21.4. The van der Waals surface area contributed by atoms with Gasteiger partial charge in [0.2, 0.25) is 5.91 Å². The van der Waals surface area contributed by atoms with Gasteiger partial charge >= 0.3 is 6.03 Å². The van der Waals surface area contributed by atoms with Gasteiger partial charge in [-0.05, 0) is 63.4 Å². The average molecular weight is 466 g/mol. The number of rotatable bonds is 10. The van der Waals surface area contributed by atoms with Crippen molar-refractivity contribution in [3.05, 3.63) is 65.2 Å². The SMILES string of the molecule is CCC[C@@H](NC(=O)N1C(=O)C(CC)(CC)[C@@H]1Oc1ccc([C@H](C)NC)cc1)c1ccc(C)cc1. The molecule has 1 aliphatic rings. The smallest absolute Gasteiger partial charge is 0.327 e. The standard InChI is InChI=1S/C28H39N3O3/c1-7-10-24(22-13-11-19(4)12-14-22)30-27(33)31-25(32)28(8-2,9-3)26(31)34-23-17-15-21(16-18-23)20(5)29-6/h11-18,20,24,26,29H,7-10H2,1-6H3,(H,30,33)/t20-,24+,26-/m0/s1. The fraction of sp³-hybridized carbons (Fsp3) is 0.500. The second-order valence-electron chi connectivity index (χ2n) is 9.29. The predicted molar refractivity (Wildman–Crippen MR) is 136 cm³/mol. The van der Waals surface area contributed by atoms with E-state index in [-0.39, 0.29) is 18.0 Å². The van der Waals surface area contributed by atoms with Crippen LogP contribution in [0.15, 0.2) is 48.5 Å². The number of β-lactam (4-membered cyclic amide) rings is 1. The zero-order chi connectivity index (χ0) is 24.9. The molecule has 1 heterocycles. The van der Waals surface area contributed by atoms with Gasteiger partial charge in [-0.15, -0.1) is 0 Å². The first kappa shape index (κ1) is 25.8. The molecular weight excluding hydrogens is 426 g/mol. The summed E-state index contributed by atoms with van der Waals surface area (Å²) in [7, 11) is 1.92. The van der Waals surface area contributed by atoms with E-state index in [0.717, 1.165) is 24.0 Å². The van der Waals surface area contributed by atoms with Crippen LogP contribution >= 0.6 is 0 Å². The highest BCUT2D eigenvalue weighted by Crippen LogP contribution is 2.46. The Morgan fingerprint density at radius 3 is 2.15 bits per heavy atom. The van der Waals surface area contributed by atoms with Gasteiger partial charge in [0.1, 0.15) is 11.2 Å². The number of hydrogen-bond donors (Lipinski definition) is 2. The van der Waals surface area contributed by atoms with E-state index in [1.165, 1.54) is 10.5 Å². The average Bonchev–Trinajstić information content (AvgIpc) is 2.85. The molecule has 34 heavy (non-hydrogen) atoms. The normalized spacial score (nSPS) is 18.7. The highest BCUT2D eigenvalue weighted by molar-refractivity contribution is 6.03. The molecular formula is C28H39N3O3. The topological polar surface area (TPSA) is 70.7 Å². The molecule has 2 aromatic carbocycles. The number of likely N-dealkylation sites (tertiary alicyclic amines) is 1. The number of benzene rings is 2. The molecule has 184 valence electrons. The minimum absolute atomic E-state index is 0.160. The van der Waals surface area contributed by atoms with Crippen molar-refractivity contribution >= 4 is 11.9 Å². The van der Waals surface area contributed by atoms with Crippen LogP contribution in [0.1, 0.15) is 82.2 Å². The summed E-state index contributed by atoms with van der Waals surface area (Å²) in [6.07, 6.45) is 2.30. The number of carbonyl (C=O) groups is 2. The fourth-order valence-corrected chi connectivity index (χ4v) is 4.66. The number of nitrogens with zero attached hydrogens (tertiary/aromatic N) is 1. The highest BCUT2D eigenvalue weighted by Gasteiger charge is 2.63. The van der Waals surface area contributed by atoms with Crippen molar-refractivity contribution in [3.8, 4) is 5.75 Å². The first-order chi connectivity index (χ1) is 16.3. The molecule has 6 nitrogen and oxygen atoms in total. The molecule has 3 rings (SSSR count). The first-order valence-electron chi connectivity index (χ1n) is 12.5. The maximum atomic E-state index is 13.4. The minimum atomic E-state index is -0.696. The van der Waals surface area contributed by atoms with Gasteiger partial charge in [-0.1, -0.05) is 69.2 Å². The van der Waals surface area contributed by atoms with E-state index in [9.17, 15) is 9.59 Å². The number of ether oxygens (including phenoxy) is 1. The van der Waals surface area contributed by atoms with Crippen LogP contribution in [0, 0.1) is 12.3 Å². The lowest BCUT2D eigenvalue weighted by molar-refractivity contribution is -0.191. The Kier molecular flexibility index (Phi) is 8.37. The molecule has 6 heteroatoms. The Labute approximate surface area is 204 Å². The summed E-state index contributed by atoms with van der Waals surface area (Å²) in [5.74, 6) is 0.483. The van der Waals surface area contributed by atoms with Crippen molar-refractivity contribution in [2.45, 2.75) is 78.6 Å². The molecule has 1 aliphatic heterocycles. The third kappa shape index (κ3) is 4.97. The maximum Gasteiger partial charge on any atom is 0.327 e. The first-order valence-corrected chi connectivity index (χ1v) is 12.5. The molecule has 1 saturated heterocycles. The quantitative estimate of drug-likeness (QED) is 0.430. The number of urea groups is 1. The largest absolute Gasteiger partial charge is 0.469 e. The molecule has 0 radical (unpaired) electrons. The van der Waals surface area contributed by atoms with Crippen LogP contribution in [0.3, 0.4) is 0 Å². The van der Waals surface area contributed by atoms with Gasteiger partial charge in [-0.25, -0.2) is 9.69 Å². The van der Waals surface area contributed by atoms with Gasteiger partial charge in [0.15, 0.2) is 6.23 Å². The van der Waals surface area contributed by atoms with Crippen molar-refractivity contribution in [2.75, 3.05) is 7.05 Å². The summed E-state index contributed by atoms with van der Waals surface area (Å²) in [6, 6.07) is 15.7. The number of nitrogens with one attached hydrogen (secondary N) is 2. The molecule has 0 aliphatic carbocycles. The van der Waals surface area contributed by atoms with Crippen molar-refractivity contribution in [3.63, 3.8) is 0 Å². The fourth-order valence-electron chi connectivity index (χ4n) is 4.66. The van der Waals surface area contributed by atoms with Crippen molar-refractivity contribution in [1.82, 2.24) is 15.5 Å². The van der Waals surface area contributed by atoms with Crippen molar-refractivity contribution < 1.29 is 14.3 Å². The summed E-state index contributed by atoms with van der Waals surface area (Å²) >= 11 is 0. The summed E-state index contributed by atoms with van der Waals surface area (Å²) in [5.41, 5.74) is 2.66. The van der Waals surface area contributed by atoms with E-state index < -0.39 is 17.7 Å².